The smallest absolute Gasteiger partial charge is 0.333 e. The largest absolute Gasteiger partial charge is 0.479 e. The second kappa shape index (κ2) is 26.0. The van der Waals surface area contributed by atoms with E-state index in [0.29, 0.717) is 38.6 Å². The number of carbonyl (C=O) groups excluding carboxylic acids is 4. The number of carboxylic acid groups (broad SMARTS) is 1. The first-order chi connectivity index (χ1) is 25.8. The molecule has 1 aliphatic rings. The van der Waals surface area contributed by atoms with Crippen LogP contribution in [0.2, 0.25) is 0 Å². The van der Waals surface area contributed by atoms with Gasteiger partial charge in [-0.2, -0.15) is 0 Å². The number of anilines is 1. The van der Waals surface area contributed by atoms with Crippen molar-refractivity contribution in [2.45, 2.75) is 97.9 Å². The standard InChI is InChI=1S/C37H59N3O14/c1-6-7-11-48-13-15-50-17-18-51-16-14-49-12-10-31(42)40-34(24(2)3)35(44)38-22-32(43)39-28-9-8-26(23-52-37(47)25(4)5)19-29(28)53-33-21-27(41)20-30(54-33)36(45)46/h8-9,19,24-25,27,30,33-34,41H,6-7,10-18,20-23H2,1-5H3,(H,38,44)(H,39,43)(H,40,42)(H,45,46). The molecule has 3 amide bonds. The minimum Gasteiger partial charge on any atom is -0.479 e. The van der Waals surface area contributed by atoms with E-state index < -0.39 is 60.7 Å². The molecule has 1 saturated heterocycles. The summed E-state index contributed by atoms with van der Waals surface area (Å²) in [5, 5.41) is 27.5. The Hall–Kier alpha value is -3.87. The second-order valence-corrected chi connectivity index (χ2v) is 13.3. The summed E-state index contributed by atoms with van der Waals surface area (Å²) in [7, 11) is 0. The quantitative estimate of drug-likeness (QED) is 0.0639. The molecular weight excluding hydrogens is 710 g/mol. The van der Waals surface area contributed by atoms with Crippen molar-refractivity contribution in [2.24, 2.45) is 11.8 Å². The summed E-state index contributed by atoms with van der Waals surface area (Å²) in [5.41, 5.74) is 0.658. The van der Waals surface area contributed by atoms with E-state index in [0.717, 1.165) is 19.4 Å². The Morgan fingerprint density at radius 1 is 0.870 bits per heavy atom. The average molecular weight is 770 g/mol. The van der Waals surface area contributed by atoms with Gasteiger partial charge in [0.1, 0.15) is 18.4 Å². The summed E-state index contributed by atoms with van der Waals surface area (Å²) < 4.78 is 38.4. The molecule has 0 aliphatic carbocycles. The number of amides is 3. The predicted octanol–water partition coefficient (Wildman–Crippen LogP) is 2.17. The maximum absolute atomic E-state index is 13.0. The minimum absolute atomic E-state index is 0.0164. The van der Waals surface area contributed by atoms with E-state index in [2.05, 4.69) is 22.9 Å². The molecule has 0 spiro atoms. The molecule has 2 rings (SSSR count). The fourth-order valence-electron chi connectivity index (χ4n) is 4.84. The lowest BCUT2D eigenvalue weighted by Gasteiger charge is -2.31. The molecule has 1 heterocycles. The van der Waals surface area contributed by atoms with Crippen molar-refractivity contribution in [3.63, 3.8) is 0 Å². The zero-order chi connectivity index (χ0) is 39.9. The van der Waals surface area contributed by atoms with Crippen molar-refractivity contribution in [2.75, 3.05) is 64.7 Å². The van der Waals surface area contributed by atoms with Crippen LogP contribution in [-0.2, 0) is 59.0 Å². The number of nitrogens with one attached hydrogen (secondary N) is 3. The molecule has 5 N–H and O–H groups in total. The summed E-state index contributed by atoms with van der Waals surface area (Å²) in [4.78, 5) is 62.1. The summed E-state index contributed by atoms with van der Waals surface area (Å²) in [6.45, 7) is 11.9. The van der Waals surface area contributed by atoms with Crippen LogP contribution in [0, 0.1) is 11.8 Å². The number of aliphatic hydroxyl groups excluding tert-OH is 1. The molecule has 54 heavy (non-hydrogen) atoms. The molecule has 17 heteroatoms. The number of benzene rings is 1. The molecule has 17 nitrogen and oxygen atoms in total. The van der Waals surface area contributed by atoms with Gasteiger partial charge in [0.2, 0.25) is 24.0 Å². The van der Waals surface area contributed by atoms with E-state index in [1.165, 1.54) is 12.1 Å². The van der Waals surface area contributed by atoms with Gasteiger partial charge in [-0.25, -0.2) is 4.79 Å². The molecule has 306 valence electrons. The predicted molar refractivity (Wildman–Crippen MR) is 194 cm³/mol. The van der Waals surface area contributed by atoms with E-state index in [9.17, 15) is 34.2 Å². The van der Waals surface area contributed by atoms with E-state index in [1.54, 1.807) is 33.8 Å². The molecule has 1 aromatic carbocycles. The third kappa shape index (κ3) is 18.9. The summed E-state index contributed by atoms with van der Waals surface area (Å²) in [5.74, 6) is -3.87. The first-order valence-corrected chi connectivity index (χ1v) is 18.5. The Bertz CT molecular complexity index is 1310. The van der Waals surface area contributed by atoms with Crippen molar-refractivity contribution >= 4 is 35.3 Å². The van der Waals surface area contributed by atoms with Gasteiger partial charge in [0, 0.05) is 25.9 Å². The molecule has 0 radical (unpaired) electrons. The number of carbonyl (C=O) groups is 5. The van der Waals surface area contributed by atoms with Gasteiger partial charge >= 0.3 is 11.9 Å². The van der Waals surface area contributed by atoms with Gasteiger partial charge in [0.05, 0.1) is 70.5 Å². The topological polar surface area (TPSA) is 227 Å². The van der Waals surface area contributed by atoms with E-state index >= 15 is 0 Å². The highest BCUT2D eigenvalue weighted by Crippen LogP contribution is 2.31. The summed E-state index contributed by atoms with van der Waals surface area (Å²) >= 11 is 0. The molecule has 0 aromatic heterocycles. The second-order valence-electron chi connectivity index (χ2n) is 13.3. The van der Waals surface area contributed by atoms with E-state index in [1.807, 2.05) is 0 Å². The first-order valence-electron chi connectivity index (χ1n) is 18.5. The maximum Gasteiger partial charge on any atom is 0.333 e. The van der Waals surface area contributed by atoms with Crippen LogP contribution < -0.4 is 20.7 Å². The van der Waals surface area contributed by atoms with Gasteiger partial charge in [-0.15, -0.1) is 0 Å². The molecule has 0 bridgehead atoms. The Morgan fingerprint density at radius 2 is 1.50 bits per heavy atom. The molecule has 1 aliphatic heterocycles. The number of carboxylic acids is 1. The van der Waals surface area contributed by atoms with Gasteiger partial charge in [0.15, 0.2) is 6.10 Å². The molecular formula is C37H59N3O14. The number of hydrogen-bond acceptors (Lipinski definition) is 13. The zero-order valence-electron chi connectivity index (χ0n) is 32.1. The highest BCUT2D eigenvalue weighted by molar-refractivity contribution is 5.97. The molecule has 1 aromatic rings. The molecule has 0 saturated carbocycles. The highest BCUT2D eigenvalue weighted by Gasteiger charge is 2.34. The van der Waals surface area contributed by atoms with Crippen LogP contribution >= 0.6 is 0 Å². The number of ether oxygens (including phenoxy) is 7. The van der Waals surface area contributed by atoms with Gasteiger partial charge in [-0.1, -0.05) is 47.1 Å². The van der Waals surface area contributed by atoms with E-state index in [-0.39, 0.29) is 62.4 Å². The van der Waals surface area contributed by atoms with Crippen LogP contribution in [0.1, 0.15) is 72.3 Å². The van der Waals surface area contributed by atoms with Crippen LogP contribution in [0.5, 0.6) is 5.75 Å². The van der Waals surface area contributed by atoms with E-state index in [4.69, 9.17) is 33.2 Å². The van der Waals surface area contributed by atoms with Crippen molar-refractivity contribution < 1.29 is 67.3 Å². The fourth-order valence-corrected chi connectivity index (χ4v) is 4.84. The lowest BCUT2D eigenvalue weighted by molar-refractivity contribution is -0.195. The minimum atomic E-state index is -1.30. The molecule has 4 atom stereocenters. The van der Waals surface area contributed by atoms with Crippen LogP contribution in [0.3, 0.4) is 0 Å². The van der Waals surface area contributed by atoms with Crippen LogP contribution in [0.4, 0.5) is 5.69 Å². The average Bonchev–Trinajstić information content (AvgIpc) is 3.12. The lowest BCUT2D eigenvalue weighted by atomic mass is 10.0. The Balaban J connectivity index is 1.84. The Morgan fingerprint density at radius 3 is 2.09 bits per heavy atom. The van der Waals surface area contributed by atoms with Gasteiger partial charge < -0.3 is 59.3 Å². The normalized spacial score (nSPS) is 17.5. The zero-order valence-corrected chi connectivity index (χ0v) is 32.1. The Labute approximate surface area is 317 Å². The third-order valence-corrected chi connectivity index (χ3v) is 7.89. The van der Waals surface area contributed by atoms with Crippen LogP contribution in [0.15, 0.2) is 18.2 Å². The van der Waals surface area contributed by atoms with Crippen molar-refractivity contribution in [3.05, 3.63) is 23.8 Å². The number of esters is 1. The van der Waals surface area contributed by atoms with Crippen molar-refractivity contribution in [1.29, 1.82) is 0 Å². The number of aliphatic hydroxyl groups is 1. The summed E-state index contributed by atoms with van der Waals surface area (Å²) in [6, 6.07) is 3.66. The monoisotopic (exact) mass is 769 g/mol. The SMILES string of the molecule is CCCCOCCOCCOCCOCCC(=O)NC(C(=O)NCC(=O)Nc1ccc(COC(=O)C(C)C)cc1OC1CC(O)CC(C(=O)O)O1)C(C)C. The fraction of sp³-hybridized carbons (Fsp3) is 0.703. The summed E-state index contributed by atoms with van der Waals surface area (Å²) in [6.07, 6.45) is -1.47. The number of hydrogen-bond donors (Lipinski definition) is 5. The van der Waals surface area contributed by atoms with Gasteiger partial charge in [-0.05, 0) is 30.0 Å². The van der Waals surface area contributed by atoms with Crippen LogP contribution in [-0.4, -0.2) is 124 Å². The van der Waals surface area contributed by atoms with Gasteiger partial charge in [-0.3, -0.25) is 19.2 Å². The molecule has 1 fully saturated rings. The van der Waals surface area contributed by atoms with Crippen molar-refractivity contribution in [1.82, 2.24) is 10.6 Å². The molecule has 4 unspecified atom stereocenters. The van der Waals surface area contributed by atoms with Crippen LogP contribution in [0.25, 0.3) is 0 Å². The lowest BCUT2D eigenvalue weighted by Crippen LogP contribution is -2.51. The maximum atomic E-state index is 13.0. The Kier molecular flexibility index (Phi) is 22.3. The number of aliphatic carboxylic acids is 1. The number of unbranched alkanes of at least 4 members (excludes halogenated alkanes) is 1. The highest BCUT2D eigenvalue weighted by atomic mass is 16.7. The van der Waals surface area contributed by atoms with Gasteiger partial charge in [0.25, 0.3) is 0 Å². The third-order valence-electron chi connectivity index (χ3n) is 7.89. The van der Waals surface area contributed by atoms with Crippen molar-refractivity contribution in [3.8, 4) is 5.75 Å². The first kappa shape index (κ1) is 46.3. The number of rotatable bonds is 27.